The molecule has 1 N–H and O–H groups in total. The van der Waals surface area contributed by atoms with Crippen LogP contribution in [-0.4, -0.2) is 16.8 Å². The van der Waals surface area contributed by atoms with E-state index in [4.69, 9.17) is 0 Å². The molecule has 3 aromatic rings. The highest BCUT2D eigenvalue weighted by Gasteiger charge is 2.47. The highest BCUT2D eigenvalue weighted by atomic mass is 19.2. The molecule has 1 saturated heterocycles. The molecule has 1 amide bonds. The van der Waals surface area contributed by atoms with Crippen molar-refractivity contribution in [3.05, 3.63) is 106 Å². The standard InChI is InChI=1S/C28H23F2NO3/c1-16-6-2-5-9-21(16)25-24(26(32)19-11-10-17-7-3-4-8-18(17)14-19)27(33)28(34)31(25)20-12-13-22(29)23(30)15-20/h2,5-6,9-15,25,32H,3-4,7-8H2,1H3/b26-24+. The van der Waals surface area contributed by atoms with Crippen molar-refractivity contribution in [1.29, 1.82) is 0 Å². The van der Waals surface area contributed by atoms with Gasteiger partial charge in [-0.1, -0.05) is 36.4 Å². The number of anilines is 1. The first-order chi connectivity index (χ1) is 16.4. The minimum absolute atomic E-state index is 0.0405. The number of ketones is 1. The van der Waals surface area contributed by atoms with Gasteiger partial charge in [-0.05, 0) is 73.1 Å². The average Bonchev–Trinajstić information content (AvgIpc) is 3.10. The number of rotatable bonds is 3. The average molecular weight is 459 g/mol. The number of nitrogens with zero attached hydrogens (tertiary/aromatic N) is 1. The van der Waals surface area contributed by atoms with Crippen LogP contribution in [0.5, 0.6) is 0 Å². The number of carbonyl (C=O) groups is 2. The fraction of sp³-hybridized carbons (Fsp3) is 0.214. The van der Waals surface area contributed by atoms with Gasteiger partial charge in [-0.15, -0.1) is 0 Å². The molecule has 1 fully saturated rings. The summed E-state index contributed by atoms with van der Waals surface area (Å²) in [4.78, 5) is 27.6. The maximum atomic E-state index is 14.1. The smallest absolute Gasteiger partial charge is 0.300 e. The summed E-state index contributed by atoms with van der Waals surface area (Å²) in [7, 11) is 0. The fourth-order valence-corrected chi connectivity index (χ4v) is 4.96. The fourth-order valence-electron chi connectivity index (χ4n) is 4.96. The molecule has 5 rings (SSSR count). The van der Waals surface area contributed by atoms with Crippen LogP contribution >= 0.6 is 0 Å². The molecule has 0 bridgehead atoms. The predicted octanol–water partition coefficient (Wildman–Crippen LogP) is 5.78. The molecule has 0 radical (unpaired) electrons. The number of carbonyl (C=O) groups excluding carboxylic acids is 2. The summed E-state index contributed by atoms with van der Waals surface area (Å²) < 4.78 is 27.7. The number of aliphatic hydroxyl groups is 1. The van der Waals surface area contributed by atoms with Crippen LogP contribution in [0.15, 0.2) is 66.2 Å². The van der Waals surface area contributed by atoms with E-state index in [1.54, 1.807) is 18.2 Å². The molecule has 1 aliphatic heterocycles. The van der Waals surface area contributed by atoms with E-state index in [0.717, 1.165) is 53.8 Å². The van der Waals surface area contributed by atoms with E-state index >= 15 is 0 Å². The third-order valence-corrected chi connectivity index (χ3v) is 6.73. The van der Waals surface area contributed by atoms with Crippen LogP contribution in [0, 0.1) is 18.6 Å². The molecule has 34 heavy (non-hydrogen) atoms. The number of Topliss-reactive ketones (excluding diaryl/α,β-unsaturated/α-hetero) is 1. The monoisotopic (exact) mass is 459 g/mol. The summed E-state index contributed by atoms with van der Waals surface area (Å²) in [5.74, 6) is -4.23. The third-order valence-electron chi connectivity index (χ3n) is 6.73. The van der Waals surface area contributed by atoms with Gasteiger partial charge in [0.1, 0.15) is 5.76 Å². The van der Waals surface area contributed by atoms with E-state index in [-0.39, 0.29) is 17.0 Å². The van der Waals surface area contributed by atoms with Crippen molar-refractivity contribution >= 4 is 23.1 Å². The van der Waals surface area contributed by atoms with Crippen molar-refractivity contribution in [3.8, 4) is 0 Å². The molecule has 172 valence electrons. The normalized spacial score (nSPS) is 19.4. The van der Waals surface area contributed by atoms with Crippen molar-refractivity contribution in [3.63, 3.8) is 0 Å². The molecule has 2 aliphatic rings. The molecule has 6 heteroatoms. The zero-order valence-corrected chi connectivity index (χ0v) is 18.6. The van der Waals surface area contributed by atoms with Gasteiger partial charge in [0.2, 0.25) is 0 Å². The number of aryl methyl sites for hydroxylation is 3. The Morgan fingerprint density at radius 1 is 0.912 bits per heavy atom. The summed E-state index contributed by atoms with van der Waals surface area (Å²) >= 11 is 0. The lowest BCUT2D eigenvalue weighted by Crippen LogP contribution is -2.30. The van der Waals surface area contributed by atoms with Crippen LogP contribution in [0.25, 0.3) is 5.76 Å². The van der Waals surface area contributed by atoms with E-state index in [1.165, 1.54) is 11.6 Å². The van der Waals surface area contributed by atoms with Gasteiger partial charge in [0, 0.05) is 17.3 Å². The Balaban J connectivity index is 1.72. The first-order valence-electron chi connectivity index (χ1n) is 11.3. The van der Waals surface area contributed by atoms with E-state index in [2.05, 4.69) is 0 Å². The van der Waals surface area contributed by atoms with Crippen molar-refractivity contribution in [1.82, 2.24) is 0 Å². The van der Waals surface area contributed by atoms with Crippen molar-refractivity contribution < 1.29 is 23.5 Å². The summed E-state index contributed by atoms with van der Waals surface area (Å²) in [6.07, 6.45) is 4.03. The van der Waals surface area contributed by atoms with Gasteiger partial charge in [0.15, 0.2) is 11.6 Å². The lowest BCUT2D eigenvalue weighted by Gasteiger charge is -2.27. The van der Waals surface area contributed by atoms with E-state index < -0.39 is 29.4 Å². The summed E-state index contributed by atoms with van der Waals surface area (Å²) in [5.41, 5.74) is 4.18. The molecule has 1 aliphatic carbocycles. The van der Waals surface area contributed by atoms with Crippen molar-refractivity contribution in [2.45, 2.75) is 38.6 Å². The number of hydrogen-bond acceptors (Lipinski definition) is 3. The molecule has 1 heterocycles. The highest BCUT2D eigenvalue weighted by molar-refractivity contribution is 6.51. The van der Waals surface area contributed by atoms with Gasteiger partial charge < -0.3 is 5.11 Å². The molecular formula is C28H23F2NO3. The zero-order valence-electron chi connectivity index (χ0n) is 18.6. The summed E-state index contributed by atoms with van der Waals surface area (Å²) in [6, 6.07) is 14.9. The Labute approximate surface area is 196 Å². The third kappa shape index (κ3) is 3.59. The molecule has 1 atom stereocenters. The summed E-state index contributed by atoms with van der Waals surface area (Å²) in [5, 5.41) is 11.3. The first-order valence-corrected chi connectivity index (χ1v) is 11.3. The van der Waals surface area contributed by atoms with Gasteiger partial charge in [-0.3, -0.25) is 14.5 Å². The number of halogens is 2. The van der Waals surface area contributed by atoms with Gasteiger partial charge in [0.25, 0.3) is 11.7 Å². The van der Waals surface area contributed by atoms with Crippen LogP contribution in [0.1, 0.15) is 46.7 Å². The molecule has 0 spiro atoms. The van der Waals surface area contributed by atoms with Crippen molar-refractivity contribution in [2.24, 2.45) is 0 Å². The Kier molecular flexibility index (Phi) is 5.52. The van der Waals surface area contributed by atoms with Gasteiger partial charge in [-0.2, -0.15) is 0 Å². The lowest BCUT2D eigenvalue weighted by atomic mass is 9.88. The van der Waals surface area contributed by atoms with Gasteiger partial charge in [0.05, 0.1) is 11.6 Å². The SMILES string of the molecule is Cc1ccccc1C1/C(=C(\O)c2ccc3c(c2)CCCC3)C(=O)C(=O)N1c1ccc(F)c(F)c1. The van der Waals surface area contributed by atoms with E-state index in [1.807, 2.05) is 31.2 Å². The number of benzene rings is 3. The van der Waals surface area contributed by atoms with E-state index in [0.29, 0.717) is 11.1 Å². The minimum atomic E-state index is -1.13. The summed E-state index contributed by atoms with van der Waals surface area (Å²) in [6.45, 7) is 1.83. The maximum absolute atomic E-state index is 14.1. The molecule has 0 aromatic heterocycles. The minimum Gasteiger partial charge on any atom is -0.507 e. The van der Waals surface area contributed by atoms with Gasteiger partial charge >= 0.3 is 0 Å². The van der Waals surface area contributed by atoms with Crippen LogP contribution in [0.4, 0.5) is 14.5 Å². The highest BCUT2D eigenvalue weighted by Crippen LogP contribution is 2.43. The number of amides is 1. The second kappa shape index (κ2) is 8.52. The Morgan fingerprint density at radius 3 is 2.38 bits per heavy atom. The Bertz CT molecular complexity index is 1360. The Hall–Kier alpha value is -3.80. The first kappa shape index (κ1) is 22.0. The van der Waals surface area contributed by atoms with E-state index in [9.17, 15) is 23.5 Å². The molecule has 0 saturated carbocycles. The topological polar surface area (TPSA) is 57.6 Å². The van der Waals surface area contributed by atoms with Crippen LogP contribution in [0.2, 0.25) is 0 Å². The molecular weight excluding hydrogens is 436 g/mol. The van der Waals surface area contributed by atoms with Crippen LogP contribution in [0.3, 0.4) is 0 Å². The van der Waals surface area contributed by atoms with Crippen LogP contribution < -0.4 is 4.90 Å². The second-order valence-electron chi connectivity index (χ2n) is 8.81. The zero-order chi connectivity index (χ0) is 24.0. The largest absolute Gasteiger partial charge is 0.507 e. The molecule has 4 nitrogen and oxygen atoms in total. The second-order valence-corrected chi connectivity index (χ2v) is 8.81. The molecule has 3 aromatic carbocycles. The van der Waals surface area contributed by atoms with Gasteiger partial charge in [-0.25, -0.2) is 8.78 Å². The quantitative estimate of drug-likeness (QED) is 0.307. The predicted molar refractivity (Wildman–Crippen MR) is 125 cm³/mol. The number of hydrogen-bond donors (Lipinski definition) is 1. The van der Waals surface area contributed by atoms with Crippen molar-refractivity contribution in [2.75, 3.05) is 4.90 Å². The number of aliphatic hydroxyl groups excluding tert-OH is 1. The molecule has 1 unspecified atom stereocenters. The Morgan fingerprint density at radius 2 is 1.65 bits per heavy atom. The van der Waals surface area contributed by atoms with Crippen LogP contribution in [-0.2, 0) is 22.4 Å². The maximum Gasteiger partial charge on any atom is 0.300 e. The number of fused-ring (bicyclic) bond motifs is 1. The lowest BCUT2D eigenvalue weighted by molar-refractivity contribution is -0.132.